The normalized spacial score (nSPS) is 9.80. The number of aryl methyl sites for hydroxylation is 1. The van der Waals surface area contributed by atoms with Gasteiger partial charge in [0.25, 0.3) is 0 Å². The zero-order valence-corrected chi connectivity index (χ0v) is 7.71. The van der Waals surface area contributed by atoms with Crippen molar-refractivity contribution in [2.45, 2.75) is 6.92 Å². The highest BCUT2D eigenvalue weighted by atomic mass is 127. The molecule has 0 unspecified atom stereocenters. The van der Waals surface area contributed by atoms with Gasteiger partial charge in [0, 0.05) is 3.57 Å². The molecule has 0 aliphatic carbocycles. The summed E-state index contributed by atoms with van der Waals surface area (Å²) in [5.74, 6) is 0.162. The molecule has 10 heavy (non-hydrogen) atoms. The minimum Gasteiger partial charge on any atom is -0.506 e. The summed E-state index contributed by atoms with van der Waals surface area (Å²) in [6.45, 7) is 1.96. The van der Waals surface area contributed by atoms with Crippen LogP contribution in [0.15, 0.2) is 12.1 Å². The number of hydrogen-bond acceptors (Lipinski definition) is 2. The van der Waals surface area contributed by atoms with Gasteiger partial charge in [0.15, 0.2) is 0 Å². The molecule has 0 amide bonds. The lowest BCUT2D eigenvalue weighted by molar-refractivity contribution is 0.477. The largest absolute Gasteiger partial charge is 0.506 e. The summed E-state index contributed by atoms with van der Waals surface area (Å²) in [4.78, 5) is 0. The van der Waals surface area contributed by atoms with E-state index in [-0.39, 0.29) is 5.75 Å². The highest BCUT2D eigenvalue weighted by molar-refractivity contribution is 14.1. The molecule has 0 saturated carbocycles. The lowest BCUT2D eigenvalue weighted by Gasteiger charge is -2.03. The second kappa shape index (κ2) is 2.65. The van der Waals surface area contributed by atoms with Gasteiger partial charge in [-0.3, -0.25) is 0 Å². The Hall–Kier alpha value is -0.450. The standard InChI is InChI=1S/C7H8INO/c1-4-2-3-5(10)7(9)6(4)8/h2-3,10H,9H2,1H3. The maximum atomic E-state index is 9.09. The zero-order chi connectivity index (χ0) is 7.72. The van der Waals surface area contributed by atoms with Crippen molar-refractivity contribution in [2.75, 3.05) is 5.73 Å². The molecule has 54 valence electrons. The molecule has 0 radical (unpaired) electrons. The molecule has 0 atom stereocenters. The molecule has 1 aromatic rings. The highest BCUT2D eigenvalue weighted by Crippen LogP contribution is 2.27. The number of phenols is 1. The zero-order valence-electron chi connectivity index (χ0n) is 5.56. The number of rotatable bonds is 0. The molecule has 2 nitrogen and oxygen atoms in total. The van der Waals surface area contributed by atoms with Gasteiger partial charge >= 0.3 is 0 Å². The fraction of sp³-hybridized carbons (Fsp3) is 0.143. The van der Waals surface area contributed by atoms with Crippen LogP contribution in [0.25, 0.3) is 0 Å². The average molecular weight is 249 g/mol. The van der Waals surface area contributed by atoms with E-state index in [0.717, 1.165) is 9.13 Å². The predicted molar refractivity (Wildman–Crippen MR) is 50.0 cm³/mol. The second-order valence-corrected chi connectivity index (χ2v) is 3.21. The minimum atomic E-state index is 0.162. The fourth-order valence-electron chi connectivity index (χ4n) is 0.692. The first-order chi connectivity index (χ1) is 4.63. The number of nitrogen functional groups attached to an aromatic ring is 1. The van der Waals surface area contributed by atoms with Crippen molar-refractivity contribution in [1.29, 1.82) is 0 Å². The van der Waals surface area contributed by atoms with Gasteiger partial charge in [0.2, 0.25) is 0 Å². The molecule has 3 heteroatoms. The molecule has 1 aromatic carbocycles. The summed E-state index contributed by atoms with van der Waals surface area (Å²) in [5.41, 5.74) is 7.09. The van der Waals surface area contributed by atoms with Crippen LogP contribution in [-0.4, -0.2) is 5.11 Å². The SMILES string of the molecule is Cc1ccc(O)c(N)c1I. The Kier molecular flexibility index (Phi) is 2.03. The third-order valence-corrected chi connectivity index (χ3v) is 2.78. The molecular weight excluding hydrogens is 241 g/mol. The van der Waals surface area contributed by atoms with Gasteiger partial charge in [-0.2, -0.15) is 0 Å². The summed E-state index contributed by atoms with van der Waals surface area (Å²) in [6, 6.07) is 3.44. The monoisotopic (exact) mass is 249 g/mol. The van der Waals surface area contributed by atoms with E-state index >= 15 is 0 Å². The third kappa shape index (κ3) is 1.18. The lowest BCUT2D eigenvalue weighted by Crippen LogP contribution is -1.91. The van der Waals surface area contributed by atoms with Crippen LogP contribution >= 0.6 is 22.6 Å². The number of anilines is 1. The van der Waals surface area contributed by atoms with Crippen molar-refractivity contribution in [3.63, 3.8) is 0 Å². The molecule has 0 spiro atoms. The number of halogens is 1. The van der Waals surface area contributed by atoms with E-state index in [1.54, 1.807) is 6.07 Å². The van der Waals surface area contributed by atoms with E-state index in [4.69, 9.17) is 10.8 Å². The Morgan fingerprint density at radius 1 is 1.50 bits per heavy atom. The minimum absolute atomic E-state index is 0.162. The molecule has 0 aromatic heterocycles. The fourth-order valence-corrected chi connectivity index (χ4v) is 1.15. The van der Waals surface area contributed by atoms with Gasteiger partial charge in [0.05, 0.1) is 5.69 Å². The third-order valence-electron chi connectivity index (χ3n) is 1.35. The van der Waals surface area contributed by atoms with Crippen LogP contribution in [-0.2, 0) is 0 Å². The Bertz CT molecular complexity index is 233. The van der Waals surface area contributed by atoms with Crippen molar-refractivity contribution < 1.29 is 5.11 Å². The molecule has 0 bridgehead atoms. The van der Waals surface area contributed by atoms with Gasteiger partial charge in [0.1, 0.15) is 5.75 Å². The van der Waals surface area contributed by atoms with Gasteiger partial charge in [-0.05, 0) is 41.1 Å². The molecule has 3 N–H and O–H groups in total. The van der Waals surface area contributed by atoms with Gasteiger partial charge in [-0.1, -0.05) is 6.07 Å². The smallest absolute Gasteiger partial charge is 0.139 e. The van der Waals surface area contributed by atoms with Crippen molar-refractivity contribution in [2.24, 2.45) is 0 Å². The summed E-state index contributed by atoms with van der Waals surface area (Å²) in [5, 5.41) is 9.09. The summed E-state index contributed by atoms with van der Waals surface area (Å²) in [6.07, 6.45) is 0. The van der Waals surface area contributed by atoms with E-state index in [9.17, 15) is 0 Å². The van der Waals surface area contributed by atoms with Crippen LogP contribution in [0.5, 0.6) is 5.75 Å². The van der Waals surface area contributed by atoms with Crippen LogP contribution < -0.4 is 5.73 Å². The number of hydrogen-bond donors (Lipinski definition) is 2. The Balaban J connectivity index is 3.34. The maximum Gasteiger partial charge on any atom is 0.139 e. The van der Waals surface area contributed by atoms with Crippen LogP contribution in [0.1, 0.15) is 5.56 Å². The van der Waals surface area contributed by atoms with Gasteiger partial charge in [-0.15, -0.1) is 0 Å². The number of nitrogens with two attached hydrogens (primary N) is 1. The van der Waals surface area contributed by atoms with E-state index in [2.05, 4.69) is 22.6 Å². The van der Waals surface area contributed by atoms with Crippen molar-refractivity contribution >= 4 is 28.3 Å². The quantitative estimate of drug-likeness (QED) is 0.419. The number of phenolic OH excluding ortho intramolecular Hbond substituents is 1. The molecule has 0 saturated heterocycles. The van der Waals surface area contributed by atoms with Crippen LogP contribution in [0.2, 0.25) is 0 Å². The molecule has 0 aliphatic heterocycles. The second-order valence-electron chi connectivity index (χ2n) is 2.13. The molecular formula is C7H8INO. The summed E-state index contributed by atoms with van der Waals surface area (Å²) < 4.78 is 0.928. The van der Waals surface area contributed by atoms with Crippen molar-refractivity contribution in [3.8, 4) is 5.75 Å². The number of benzene rings is 1. The molecule has 0 fully saturated rings. The molecule has 0 aliphatic rings. The topological polar surface area (TPSA) is 46.2 Å². The maximum absolute atomic E-state index is 9.09. The Morgan fingerprint density at radius 2 is 2.10 bits per heavy atom. The number of aromatic hydroxyl groups is 1. The van der Waals surface area contributed by atoms with E-state index in [1.807, 2.05) is 13.0 Å². The van der Waals surface area contributed by atoms with Crippen molar-refractivity contribution in [3.05, 3.63) is 21.3 Å². The van der Waals surface area contributed by atoms with Crippen LogP contribution in [0.3, 0.4) is 0 Å². The molecule has 1 rings (SSSR count). The molecule has 0 heterocycles. The lowest BCUT2D eigenvalue weighted by atomic mass is 10.2. The first kappa shape index (κ1) is 7.65. The van der Waals surface area contributed by atoms with Crippen LogP contribution in [0.4, 0.5) is 5.69 Å². The van der Waals surface area contributed by atoms with Gasteiger partial charge < -0.3 is 10.8 Å². The van der Waals surface area contributed by atoms with E-state index < -0.39 is 0 Å². The average Bonchev–Trinajstić information content (AvgIpc) is 1.93. The summed E-state index contributed by atoms with van der Waals surface area (Å²) >= 11 is 2.11. The Labute approximate surface area is 73.2 Å². The van der Waals surface area contributed by atoms with E-state index in [1.165, 1.54) is 0 Å². The predicted octanol–water partition coefficient (Wildman–Crippen LogP) is 1.89. The van der Waals surface area contributed by atoms with Gasteiger partial charge in [-0.25, -0.2) is 0 Å². The van der Waals surface area contributed by atoms with E-state index in [0.29, 0.717) is 5.69 Å². The highest BCUT2D eigenvalue weighted by Gasteiger charge is 2.02. The summed E-state index contributed by atoms with van der Waals surface area (Å²) in [7, 11) is 0. The first-order valence-electron chi connectivity index (χ1n) is 2.86. The first-order valence-corrected chi connectivity index (χ1v) is 3.94. The Morgan fingerprint density at radius 3 is 2.60 bits per heavy atom. The van der Waals surface area contributed by atoms with Crippen molar-refractivity contribution in [1.82, 2.24) is 0 Å². The van der Waals surface area contributed by atoms with Crippen LogP contribution in [0, 0.1) is 10.5 Å².